The molecule has 1 N–H and O–H groups in total. The quantitative estimate of drug-likeness (QED) is 0.412. The number of ether oxygens (including phenoxy) is 2. The number of anilines is 2. The van der Waals surface area contributed by atoms with Crippen LogP contribution in [0, 0.1) is 5.92 Å². The van der Waals surface area contributed by atoms with Crippen LogP contribution in [0.5, 0.6) is 11.6 Å². The van der Waals surface area contributed by atoms with Gasteiger partial charge in [0.25, 0.3) is 0 Å². The molecule has 2 aliphatic heterocycles. The van der Waals surface area contributed by atoms with Gasteiger partial charge in [0.2, 0.25) is 11.8 Å². The third kappa shape index (κ3) is 6.91. The first-order chi connectivity index (χ1) is 19.1. The van der Waals surface area contributed by atoms with Gasteiger partial charge < -0.3 is 29.5 Å². The van der Waals surface area contributed by atoms with Gasteiger partial charge in [0.1, 0.15) is 36.6 Å². The monoisotopic (exact) mass is 532 g/mol. The van der Waals surface area contributed by atoms with Crippen LogP contribution in [0.25, 0.3) is 11.3 Å². The molecule has 1 atom stereocenters. The molecule has 4 heterocycles. The van der Waals surface area contributed by atoms with Gasteiger partial charge in [-0.05, 0) is 44.2 Å². The molecule has 39 heavy (non-hydrogen) atoms. The molecule has 2 saturated heterocycles. The molecule has 2 aromatic heterocycles. The van der Waals surface area contributed by atoms with E-state index >= 15 is 0 Å². The minimum atomic E-state index is -0.110. The van der Waals surface area contributed by atoms with E-state index in [4.69, 9.17) is 9.47 Å². The first kappa shape index (κ1) is 26.6. The Bertz CT molecular complexity index is 1230. The van der Waals surface area contributed by atoms with Gasteiger partial charge in [0, 0.05) is 57.0 Å². The van der Waals surface area contributed by atoms with Gasteiger partial charge in [-0.2, -0.15) is 0 Å². The number of carbonyl (C=O) groups is 1. The van der Waals surface area contributed by atoms with Crippen molar-refractivity contribution in [2.75, 3.05) is 76.4 Å². The predicted molar refractivity (Wildman–Crippen MR) is 149 cm³/mol. The first-order valence-electron chi connectivity index (χ1n) is 13.5. The summed E-state index contributed by atoms with van der Waals surface area (Å²) in [5.74, 6) is 2.95. The Morgan fingerprint density at radius 1 is 0.949 bits per heavy atom. The number of likely N-dealkylation sites (N-methyl/N-ethyl adjacent to an activating group) is 1. The number of aromatic nitrogens is 4. The lowest BCUT2D eigenvalue weighted by molar-refractivity contribution is -0.125. The zero-order valence-corrected chi connectivity index (χ0v) is 22.6. The molecule has 5 rings (SSSR count). The number of amides is 1. The maximum absolute atomic E-state index is 12.9. The number of hydrogen-bond acceptors (Lipinski definition) is 10. The third-order valence-corrected chi connectivity index (χ3v) is 7.26. The average molecular weight is 533 g/mol. The van der Waals surface area contributed by atoms with E-state index in [-0.39, 0.29) is 11.8 Å². The number of benzene rings is 1. The molecular weight excluding hydrogens is 496 g/mol. The van der Waals surface area contributed by atoms with Crippen LogP contribution in [0.1, 0.15) is 12.8 Å². The van der Waals surface area contributed by atoms with E-state index in [0.717, 1.165) is 74.2 Å². The summed E-state index contributed by atoms with van der Waals surface area (Å²) in [6, 6.07) is 11.6. The summed E-state index contributed by atoms with van der Waals surface area (Å²) in [6.45, 7) is 6.11. The Balaban J connectivity index is 1.10. The van der Waals surface area contributed by atoms with Crippen LogP contribution in [0.15, 0.2) is 49.1 Å². The SMILES string of the molecule is COc1ccc(-c2cc(N3CCCC(C(=O)NCCOc4cc(N5CCN(C)CC5)ncn4)C3)ncn2)cc1. The van der Waals surface area contributed by atoms with E-state index in [9.17, 15) is 4.79 Å². The lowest BCUT2D eigenvalue weighted by Crippen LogP contribution is -2.44. The molecule has 3 aromatic rings. The summed E-state index contributed by atoms with van der Waals surface area (Å²) in [4.78, 5) is 37.2. The molecule has 2 aliphatic rings. The fourth-order valence-electron chi connectivity index (χ4n) is 4.93. The molecule has 0 aliphatic carbocycles. The molecule has 11 heteroatoms. The van der Waals surface area contributed by atoms with Crippen molar-refractivity contribution >= 4 is 17.5 Å². The molecule has 0 saturated carbocycles. The Morgan fingerprint density at radius 3 is 2.46 bits per heavy atom. The third-order valence-electron chi connectivity index (χ3n) is 7.26. The number of nitrogens with zero attached hydrogens (tertiary/aromatic N) is 7. The number of carbonyl (C=O) groups excluding carboxylic acids is 1. The molecule has 206 valence electrons. The molecule has 1 unspecified atom stereocenters. The molecule has 0 bridgehead atoms. The predicted octanol–water partition coefficient (Wildman–Crippen LogP) is 2.11. The van der Waals surface area contributed by atoms with Gasteiger partial charge >= 0.3 is 0 Å². The minimum Gasteiger partial charge on any atom is -0.497 e. The summed E-state index contributed by atoms with van der Waals surface area (Å²) in [5.41, 5.74) is 1.83. The highest BCUT2D eigenvalue weighted by Crippen LogP contribution is 2.26. The average Bonchev–Trinajstić information content (AvgIpc) is 3.00. The van der Waals surface area contributed by atoms with E-state index in [1.165, 1.54) is 6.33 Å². The lowest BCUT2D eigenvalue weighted by atomic mass is 9.97. The molecular formula is C28H36N8O3. The number of piperidine rings is 1. The second kappa shape index (κ2) is 12.7. The Morgan fingerprint density at radius 2 is 1.69 bits per heavy atom. The van der Waals surface area contributed by atoms with E-state index in [1.54, 1.807) is 13.4 Å². The summed E-state index contributed by atoms with van der Waals surface area (Å²) in [7, 11) is 3.78. The molecule has 0 radical (unpaired) electrons. The number of rotatable bonds is 9. The van der Waals surface area contributed by atoms with Crippen molar-refractivity contribution in [1.29, 1.82) is 0 Å². The molecule has 11 nitrogen and oxygen atoms in total. The van der Waals surface area contributed by atoms with Crippen molar-refractivity contribution in [3.05, 3.63) is 49.1 Å². The zero-order valence-electron chi connectivity index (χ0n) is 22.6. The number of methoxy groups -OCH3 is 1. The van der Waals surface area contributed by atoms with Crippen LogP contribution < -0.4 is 24.6 Å². The van der Waals surface area contributed by atoms with E-state index < -0.39 is 0 Å². The smallest absolute Gasteiger partial charge is 0.225 e. The maximum Gasteiger partial charge on any atom is 0.225 e. The van der Waals surface area contributed by atoms with Crippen molar-refractivity contribution in [2.45, 2.75) is 12.8 Å². The molecule has 0 spiro atoms. The standard InChI is InChI=1S/C28H36N8O3/c1-34-11-13-35(14-12-34)26-17-27(33-20-32-26)39-15-9-29-28(37)22-4-3-10-36(18-22)25-16-24(30-19-31-25)21-5-7-23(38-2)8-6-21/h5-8,16-17,19-20,22H,3-4,9-15,18H2,1-2H3,(H,29,37). The zero-order chi connectivity index (χ0) is 27.0. The van der Waals surface area contributed by atoms with Gasteiger partial charge in [-0.3, -0.25) is 4.79 Å². The fraction of sp³-hybridized carbons (Fsp3) is 0.464. The van der Waals surface area contributed by atoms with Crippen LogP contribution in [-0.2, 0) is 4.79 Å². The van der Waals surface area contributed by atoms with Crippen LogP contribution in [0.3, 0.4) is 0 Å². The van der Waals surface area contributed by atoms with Crippen LogP contribution in [0.2, 0.25) is 0 Å². The van der Waals surface area contributed by atoms with Crippen LogP contribution in [-0.4, -0.2) is 97.3 Å². The Labute approximate surface area is 229 Å². The summed E-state index contributed by atoms with van der Waals surface area (Å²) in [5, 5.41) is 3.03. The fourth-order valence-corrected chi connectivity index (χ4v) is 4.93. The minimum absolute atomic E-state index is 0.0357. The summed E-state index contributed by atoms with van der Waals surface area (Å²) < 4.78 is 11.1. The van der Waals surface area contributed by atoms with Crippen molar-refractivity contribution in [3.63, 3.8) is 0 Å². The maximum atomic E-state index is 12.9. The number of piperazine rings is 1. The second-order valence-electron chi connectivity index (χ2n) is 9.92. The van der Waals surface area contributed by atoms with E-state index in [1.807, 2.05) is 36.4 Å². The van der Waals surface area contributed by atoms with E-state index in [0.29, 0.717) is 25.6 Å². The summed E-state index contributed by atoms with van der Waals surface area (Å²) in [6.07, 6.45) is 4.88. The van der Waals surface area contributed by atoms with Crippen molar-refractivity contribution < 1.29 is 14.3 Å². The van der Waals surface area contributed by atoms with Gasteiger partial charge in [-0.1, -0.05) is 0 Å². The Kier molecular flexibility index (Phi) is 8.67. The number of nitrogens with one attached hydrogen (secondary N) is 1. The Hall–Kier alpha value is -3.99. The second-order valence-corrected chi connectivity index (χ2v) is 9.92. The highest BCUT2D eigenvalue weighted by molar-refractivity contribution is 5.79. The largest absolute Gasteiger partial charge is 0.497 e. The van der Waals surface area contributed by atoms with Gasteiger partial charge in [0.05, 0.1) is 25.3 Å². The van der Waals surface area contributed by atoms with Crippen molar-refractivity contribution in [3.8, 4) is 22.9 Å². The molecule has 2 fully saturated rings. The van der Waals surface area contributed by atoms with Gasteiger partial charge in [-0.15, -0.1) is 0 Å². The van der Waals surface area contributed by atoms with E-state index in [2.05, 4.69) is 47.0 Å². The molecule has 1 aromatic carbocycles. The van der Waals surface area contributed by atoms with Crippen molar-refractivity contribution in [2.24, 2.45) is 5.92 Å². The van der Waals surface area contributed by atoms with Crippen molar-refractivity contribution in [1.82, 2.24) is 30.2 Å². The summed E-state index contributed by atoms with van der Waals surface area (Å²) >= 11 is 0. The lowest BCUT2D eigenvalue weighted by Gasteiger charge is -2.33. The van der Waals surface area contributed by atoms with Gasteiger partial charge in [-0.25, -0.2) is 19.9 Å². The molecule has 1 amide bonds. The van der Waals surface area contributed by atoms with Crippen LogP contribution in [0.4, 0.5) is 11.6 Å². The highest BCUT2D eigenvalue weighted by atomic mass is 16.5. The highest BCUT2D eigenvalue weighted by Gasteiger charge is 2.26. The van der Waals surface area contributed by atoms with Gasteiger partial charge in [0.15, 0.2) is 0 Å². The normalized spacial score (nSPS) is 18.1. The topological polar surface area (TPSA) is 109 Å². The number of hydrogen-bond donors (Lipinski definition) is 1. The van der Waals surface area contributed by atoms with Crippen LogP contribution >= 0.6 is 0 Å². The first-order valence-corrected chi connectivity index (χ1v) is 13.5.